The second kappa shape index (κ2) is 7.02. The van der Waals surface area contributed by atoms with Crippen LogP contribution in [0.4, 0.5) is 4.79 Å². The van der Waals surface area contributed by atoms with Crippen molar-refractivity contribution in [1.82, 2.24) is 10.2 Å². The molecule has 1 atom stereocenters. The number of aryl methyl sites for hydroxylation is 1. The number of carbonyl (C=O) groups excluding carboxylic acids is 2. The molecule has 0 spiro atoms. The van der Waals surface area contributed by atoms with E-state index in [4.69, 9.17) is 4.74 Å². The minimum Gasteiger partial charge on any atom is -0.450 e. The van der Waals surface area contributed by atoms with Crippen LogP contribution in [-0.4, -0.2) is 42.6 Å². The fourth-order valence-electron chi connectivity index (χ4n) is 3.55. The van der Waals surface area contributed by atoms with Gasteiger partial charge in [-0.3, -0.25) is 4.79 Å². The van der Waals surface area contributed by atoms with Crippen molar-refractivity contribution in [2.45, 2.75) is 44.6 Å². The first-order chi connectivity index (χ1) is 11.2. The van der Waals surface area contributed by atoms with Crippen molar-refractivity contribution >= 4 is 12.0 Å². The molecule has 0 radical (unpaired) electrons. The summed E-state index contributed by atoms with van der Waals surface area (Å²) >= 11 is 0. The summed E-state index contributed by atoms with van der Waals surface area (Å²) in [5.74, 6) is 0.110. The summed E-state index contributed by atoms with van der Waals surface area (Å²) in [6.45, 7) is 3.50. The Balaban J connectivity index is 1.52. The van der Waals surface area contributed by atoms with Crippen LogP contribution in [0.2, 0.25) is 0 Å². The number of piperidine rings is 1. The summed E-state index contributed by atoms with van der Waals surface area (Å²) in [4.78, 5) is 26.0. The molecular formula is C18H24N2O3. The Hall–Kier alpha value is -2.04. The van der Waals surface area contributed by atoms with Crippen LogP contribution in [0.25, 0.3) is 0 Å². The number of carbonyl (C=O) groups is 2. The van der Waals surface area contributed by atoms with E-state index in [2.05, 4.69) is 17.4 Å². The fourth-order valence-corrected chi connectivity index (χ4v) is 3.55. The summed E-state index contributed by atoms with van der Waals surface area (Å²) in [5.41, 5.74) is 2.47. The smallest absolute Gasteiger partial charge is 0.409 e. The standard InChI is InChI=1S/C18H24N2O3/c1-2-23-18(22)20-11-9-14(10-12-20)19-17(21)16-8-7-13-5-3-4-6-15(13)16/h3-6,14,16H,2,7-12H2,1H3,(H,19,21)/t16-/m1/s1. The lowest BCUT2D eigenvalue weighted by atomic mass is 9.98. The summed E-state index contributed by atoms with van der Waals surface area (Å²) in [7, 11) is 0. The molecule has 0 saturated carbocycles. The zero-order chi connectivity index (χ0) is 16.2. The van der Waals surface area contributed by atoms with E-state index < -0.39 is 0 Å². The third-order valence-corrected chi connectivity index (χ3v) is 4.82. The van der Waals surface area contributed by atoms with Crippen LogP contribution < -0.4 is 5.32 Å². The minimum atomic E-state index is -0.248. The van der Waals surface area contributed by atoms with E-state index in [0.717, 1.165) is 25.7 Å². The van der Waals surface area contributed by atoms with Gasteiger partial charge in [0, 0.05) is 19.1 Å². The maximum Gasteiger partial charge on any atom is 0.409 e. The van der Waals surface area contributed by atoms with E-state index in [0.29, 0.717) is 19.7 Å². The average molecular weight is 316 g/mol. The summed E-state index contributed by atoms with van der Waals surface area (Å²) < 4.78 is 5.02. The van der Waals surface area contributed by atoms with Gasteiger partial charge in [-0.25, -0.2) is 4.79 Å². The topological polar surface area (TPSA) is 58.6 Å². The number of ether oxygens (including phenoxy) is 1. The van der Waals surface area contributed by atoms with Gasteiger partial charge < -0.3 is 15.0 Å². The number of nitrogens with zero attached hydrogens (tertiary/aromatic N) is 1. The number of hydrogen-bond donors (Lipinski definition) is 1. The van der Waals surface area contributed by atoms with Crippen molar-refractivity contribution in [2.24, 2.45) is 0 Å². The van der Waals surface area contributed by atoms with Gasteiger partial charge in [0.15, 0.2) is 0 Å². The quantitative estimate of drug-likeness (QED) is 0.932. The molecule has 0 unspecified atom stereocenters. The molecule has 2 amide bonds. The fraction of sp³-hybridized carbons (Fsp3) is 0.556. The van der Waals surface area contributed by atoms with Gasteiger partial charge in [-0.2, -0.15) is 0 Å². The zero-order valence-corrected chi connectivity index (χ0v) is 13.6. The highest BCUT2D eigenvalue weighted by molar-refractivity contribution is 5.85. The normalized spacial score (nSPS) is 20.9. The van der Waals surface area contributed by atoms with E-state index in [9.17, 15) is 9.59 Å². The number of benzene rings is 1. The van der Waals surface area contributed by atoms with Crippen molar-refractivity contribution in [2.75, 3.05) is 19.7 Å². The number of hydrogen-bond acceptors (Lipinski definition) is 3. The summed E-state index contributed by atoms with van der Waals surface area (Å²) in [6.07, 6.45) is 3.21. The second-order valence-corrected chi connectivity index (χ2v) is 6.26. The highest BCUT2D eigenvalue weighted by Crippen LogP contribution is 2.33. The van der Waals surface area contributed by atoms with Gasteiger partial charge in [0.25, 0.3) is 0 Å². The zero-order valence-electron chi connectivity index (χ0n) is 13.6. The van der Waals surface area contributed by atoms with E-state index in [1.807, 2.05) is 19.1 Å². The Kier molecular flexibility index (Phi) is 4.84. The molecule has 1 fully saturated rings. The van der Waals surface area contributed by atoms with Gasteiger partial charge in [0.1, 0.15) is 0 Å². The first-order valence-corrected chi connectivity index (χ1v) is 8.49. The number of amides is 2. The molecule has 1 aliphatic heterocycles. The summed E-state index contributed by atoms with van der Waals surface area (Å²) in [5, 5.41) is 3.18. The molecule has 1 saturated heterocycles. The molecular weight excluding hydrogens is 292 g/mol. The van der Waals surface area contributed by atoms with Crippen LogP contribution in [-0.2, 0) is 16.0 Å². The number of nitrogens with one attached hydrogen (secondary N) is 1. The van der Waals surface area contributed by atoms with Crippen LogP contribution >= 0.6 is 0 Å². The van der Waals surface area contributed by atoms with Gasteiger partial charge >= 0.3 is 6.09 Å². The van der Waals surface area contributed by atoms with Crippen LogP contribution in [0.5, 0.6) is 0 Å². The van der Waals surface area contributed by atoms with Crippen molar-refractivity contribution in [3.63, 3.8) is 0 Å². The van der Waals surface area contributed by atoms with Crippen LogP contribution in [0.15, 0.2) is 24.3 Å². The molecule has 0 aromatic heterocycles. The first-order valence-electron chi connectivity index (χ1n) is 8.49. The maximum absolute atomic E-state index is 12.6. The highest BCUT2D eigenvalue weighted by atomic mass is 16.6. The number of likely N-dealkylation sites (tertiary alicyclic amines) is 1. The minimum absolute atomic E-state index is 0.0192. The van der Waals surface area contributed by atoms with E-state index >= 15 is 0 Å². The monoisotopic (exact) mass is 316 g/mol. The van der Waals surface area contributed by atoms with Crippen molar-refractivity contribution < 1.29 is 14.3 Å². The number of fused-ring (bicyclic) bond motifs is 1. The molecule has 1 N–H and O–H groups in total. The predicted octanol–water partition coefficient (Wildman–Crippen LogP) is 2.45. The van der Waals surface area contributed by atoms with Gasteiger partial charge in [0.2, 0.25) is 5.91 Å². The van der Waals surface area contributed by atoms with Crippen LogP contribution in [0.3, 0.4) is 0 Å². The molecule has 1 aromatic rings. The van der Waals surface area contributed by atoms with Gasteiger partial charge in [-0.1, -0.05) is 24.3 Å². The lowest BCUT2D eigenvalue weighted by molar-refractivity contribution is -0.123. The largest absolute Gasteiger partial charge is 0.450 e. The Morgan fingerprint density at radius 3 is 2.70 bits per heavy atom. The van der Waals surface area contributed by atoms with Gasteiger partial charge in [0.05, 0.1) is 12.5 Å². The molecule has 23 heavy (non-hydrogen) atoms. The number of rotatable bonds is 3. The van der Waals surface area contributed by atoms with Gasteiger partial charge in [-0.15, -0.1) is 0 Å². The first kappa shape index (κ1) is 15.8. The maximum atomic E-state index is 12.6. The molecule has 124 valence electrons. The molecule has 1 aromatic carbocycles. The van der Waals surface area contributed by atoms with Crippen molar-refractivity contribution in [1.29, 1.82) is 0 Å². The second-order valence-electron chi connectivity index (χ2n) is 6.26. The lowest BCUT2D eigenvalue weighted by Gasteiger charge is -2.32. The Bertz CT molecular complexity index is 579. The van der Waals surface area contributed by atoms with Crippen molar-refractivity contribution in [3.05, 3.63) is 35.4 Å². The molecule has 0 bridgehead atoms. The molecule has 5 nitrogen and oxygen atoms in total. The summed E-state index contributed by atoms with van der Waals surface area (Å²) in [6, 6.07) is 8.36. The Labute approximate surface area is 137 Å². The predicted molar refractivity (Wildman–Crippen MR) is 87.3 cm³/mol. The van der Waals surface area contributed by atoms with Crippen LogP contribution in [0, 0.1) is 0 Å². The van der Waals surface area contributed by atoms with Gasteiger partial charge in [-0.05, 0) is 43.7 Å². The average Bonchev–Trinajstić information content (AvgIpc) is 3.00. The molecule has 1 aliphatic carbocycles. The molecule has 2 aliphatic rings. The molecule has 3 rings (SSSR count). The van der Waals surface area contributed by atoms with E-state index in [1.54, 1.807) is 4.90 Å². The third kappa shape index (κ3) is 3.49. The molecule has 5 heteroatoms. The van der Waals surface area contributed by atoms with Crippen LogP contribution in [0.1, 0.15) is 43.2 Å². The lowest BCUT2D eigenvalue weighted by Crippen LogP contribution is -2.47. The Morgan fingerprint density at radius 1 is 1.22 bits per heavy atom. The van der Waals surface area contributed by atoms with Crippen molar-refractivity contribution in [3.8, 4) is 0 Å². The Morgan fingerprint density at radius 2 is 1.96 bits per heavy atom. The van der Waals surface area contributed by atoms with E-state index in [-0.39, 0.29) is 24.0 Å². The highest BCUT2D eigenvalue weighted by Gasteiger charge is 2.31. The van der Waals surface area contributed by atoms with E-state index in [1.165, 1.54) is 11.1 Å². The third-order valence-electron chi connectivity index (χ3n) is 4.82. The SMILES string of the molecule is CCOC(=O)N1CCC(NC(=O)[C@@H]2CCc3ccccc32)CC1. The molecule has 1 heterocycles.